The molecule has 2 aromatic heterocycles. The molecule has 0 saturated heterocycles. The minimum atomic E-state index is 0.630. The van der Waals surface area contributed by atoms with E-state index in [4.69, 9.17) is 4.42 Å². The topological polar surface area (TPSA) is 43.9 Å². The molecule has 20 heavy (non-hydrogen) atoms. The first-order chi connectivity index (χ1) is 9.76. The Labute approximate surface area is 121 Å². The van der Waals surface area contributed by atoms with Crippen molar-refractivity contribution in [2.24, 2.45) is 0 Å². The normalized spacial score (nSPS) is 10.9. The number of hydrogen-bond acceptors (Lipinski definition) is 4. The molecule has 0 bridgehead atoms. The summed E-state index contributed by atoms with van der Waals surface area (Å²) >= 11 is 1.72. The van der Waals surface area contributed by atoms with E-state index in [9.17, 15) is 0 Å². The Kier molecular flexibility index (Phi) is 3.60. The van der Waals surface area contributed by atoms with E-state index < -0.39 is 0 Å². The molecule has 0 aliphatic carbocycles. The van der Waals surface area contributed by atoms with E-state index >= 15 is 0 Å². The maximum absolute atomic E-state index is 5.76. The quantitative estimate of drug-likeness (QED) is 0.687. The first-order valence-corrected chi connectivity index (χ1v) is 7.57. The van der Waals surface area contributed by atoms with Crippen molar-refractivity contribution in [3.05, 3.63) is 54.2 Å². The lowest BCUT2D eigenvalue weighted by Crippen LogP contribution is -2.01. The van der Waals surface area contributed by atoms with Gasteiger partial charge in [-0.15, -0.1) is 11.8 Å². The molecule has 3 aromatic rings. The standard InChI is InChI=1S/C15H15N3OS/c1-11-14(10-18-9-3-8-16-18)17-15(19-11)12-4-6-13(20-2)7-5-12/h3-9H,10H2,1-2H3. The summed E-state index contributed by atoms with van der Waals surface area (Å²) < 4.78 is 7.60. The summed E-state index contributed by atoms with van der Waals surface area (Å²) in [5.74, 6) is 1.50. The third kappa shape index (κ3) is 2.63. The van der Waals surface area contributed by atoms with Crippen molar-refractivity contribution in [1.82, 2.24) is 14.8 Å². The highest BCUT2D eigenvalue weighted by Gasteiger charge is 2.11. The number of thioether (sulfide) groups is 1. The van der Waals surface area contributed by atoms with E-state index in [-0.39, 0.29) is 0 Å². The van der Waals surface area contributed by atoms with Gasteiger partial charge in [0.15, 0.2) is 0 Å². The number of oxazole rings is 1. The Morgan fingerprint density at radius 1 is 1.25 bits per heavy atom. The van der Waals surface area contributed by atoms with Crippen molar-refractivity contribution in [2.75, 3.05) is 6.26 Å². The van der Waals surface area contributed by atoms with E-state index in [0.29, 0.717) is 12.4 Å². The highest BCUT2D eigenvalue weighted by atomic mass is 32.2. The largest absolute Gasteiger partial charge is 0.441 e. The predicted octanol–water partition coefficient (Wildman–Crippen LogP) is 3.62. The zero-order chi connectivity index (χ0) is 13.9. The highest BCUT2D eigenvalue weighted by Crippen LogP contribution is 2.24. The Morgan fingerprint density at radius 2 is 2.05 bits per heavy atom. The van der Waals surface area contributed by atoms with Crippen LogP contribution in [0.5, 0.6) is 0 Å². The lowest BCUT2D eigenvalue weighted by atomic mass is 10.2. The van der Waals surface area contributed by atoms with Crippen molar-refractivity contribution in [1.29, 1.82) is 0 Å². The van der Waals surface area contributed by atoms with Gasteiger partial charge in [0.1, 0.15) is 11.5 Å². The van der Waals surface area contributed by atoms with E-state index in [2.05, 4.69) is 28.5 Å². The van der Waals surface area contributed by atoms with Gasteiger partial charge in [0.25, 0.3) is 0 Å². The van der Waals surface area contributed by atoms with Crippen LogP contribution in [0, 0.1) is 6.92 Å². The van der Waals surface area contributed by atoms with Gasteiger partial charge in [-0.3, -0.25) is 4.68 Å². The smallest absolute Gasteiger partial charge is 0.226 e. The van der Waals surface area contributed by atoms with Crippen LogP contribution in [-0.4, -0.2) is 21.0 Å². The molecule has 4 nitrogen and oxygen atoms in total. The highest BCUT2D eigenvalue weighted by molar-refractivity contribution is 7.98. The Balaban J connectivity index is 1.87. The summed E-state index contributed by atoms with van der Waals surface area (Å²) in [6, 6.07) is 10.1. The Bertz CT molecular complexity index is 686. The van der Waals surface area contributed by atoms with Gasteiger partial charge in [-0.25, -0.2) is 4.98 Å². The fourth-order valence-corrected chi connectivity index (χ4v) is 2.39. The molecule has 5 heteroatoms. The molecule has 102 valence electrons. The summed E-state index contributed by atoms with van der Waals surface area (Å²) in [5.41, 5.74) is 1.91. The van der Waals surface area contributed by atoms with Gasteiger partial charge in [-0.05, 0) is 43.5 Å². The van der Waals surface area contributed by atoms with Crippen molar-refractivity contribution in [3.8, 4) is 11.5 Å². The van der Waals surface area contributed by atoms with Gasteiger partial charge >= 0.3 is 0 Å². The SMILES string of the molecule is CSc1ccc(-c2nc(Cn3cccn3)c(C)o2)cc1. The minimum absolute atomic E-state index is 0.630. The molecule has 0 aliphatic heterocycles. The second kappa shape index (κ2) is 5.54. The summed E-state index contributed by atoms with van der Waals surface area (Å²) in [7, 11) is 0. The second-order valence-electron chi connectivity index (χ2n) is 4.45. The average Bonchev–Trinajstić information content (AvgIpc) is 3.10. The van der Waals surface area contributed by atoms with Crippen LogP contribution in [0.25, 0.3) is 11.5 Å². The summed E-state index contributed by atoms with van der Waals surface area (Å²) in [6.07, 6.45) is 5.74. The van der Waals surface area contributed by atoms with E-state index in [1.165, 1.54) is 4.90 Å². The lowest BCUT2D eigenvalue weighted by Gasteiger charge is -1.98. The van der Waals surface area contributed by atoms with Gasteiger partial charge in [-0.1, -0.05) is 0 Å². The van der Waals surface area contributed by atoms with Gasteiger partial charge in [0, 0.05) is 22.9 Å². The fraction of sp³-hybridized carbons (Fsp3) is 0.200. The van der Waals surface area contributed by atoms with E-state index in [0.717, 1.165) is 17.0 Å². The molecule has 3 rings (SSSR count). The molecule has 0 aliphatic rings. The fourth-order valence-electron chi connectivity index (χ4n) is 1.98. The predicted molar refractivity (Wildman–Crippen MR) is 79.8 cm³/mol. The maximum Gasteiger partial charge on any atom is 0.226 e. The van der Waals surface area contributed by atoms with Crippen molar-refractivity contribution < 1.29 is 4.42 Å². The van der Waals surface area contributed by atoms with Crippen molar-refractivity contribution in [3.63, 3.8) is 0 Å². The zero-order valence-corrected chi connectivity index (χ0v) is 12.2. The zero-order valence-electron chi connectivity index (χ0n) is 11.4. The van der Waals surface area contributed by atoms with Crippen LogP contribution in [0.1, 0.15) is 11.5 Å². The first kappa shape index (κ1) is 13.0. The monoisotopic (exact) mass is 285 g/mol. The molecular weight excluding hydrogens is 270 g/mol. The van der Waals surface area contributed by atoms with Crippen molar-refractivity contribution >= 4 is 11.8 Å². The summed E-state index contributed by atoms with van der Waals surface area (Å²) in [4.78, 5) is 5.81. The number of rotatable bonds is 4. The summed E-state index contributed by atoms with van der Waals surface area (Å²) in [5, 5.41) is 4.19. The number of nitrogens with zero attached hydrogens (tertiary/aromatic N) is 3. The van der Waals surface area contributed by atoms with Crippen LogP contribution < -0.4 is 0 Å². The van der Waals surface area contributed by atoms with Gasteiger partial charge in [-0.2, -0.15) is 5.10 Å². The molecule has 0 radical (unpaired) electrons. The van der Waals surface area contributed by atoms with Gasteiger partial charge in [0.2, 0.25) is 5.89 Å². The molecule has 0 N–H and O–H groups in total. The van der Waals surface area contributed by atoms with Crippen LogP contribution >= 0.6 is 11.8 Å². The molecule has 0 unspecified atom stereocenters. The van der Waals surface area contributed by atoms with Crippen LogP contribution in [0.3, 0.4) is 0 Å². The summed E-state index contributed by atoms with van der Waals surface area (Å²) in [6.45, 7) is 2.57. The Hall–Kier alpha value is -2.01. The number of benzene rings is 1. The van der Waals surface area contributed by atoms with Crippen LogP contribution in [0.4, 0.5) is 0 Å². The number of aryl methyl sites for hydroxylation is 1. The first-order valence-electron chi connectivity index (χ1n) is 6.34. The molecule has 2 heterocycles. The van der Waals surface area contributed by atoms with Crippen molar-refractivity contribution in [2.45, 2.75) is 18.4 Å². The van der Waals surface area contributed by atoms with E-state index in [1.807, 2.05) is 36.0 Å². The molecule has 0 amide bonds. The molecular formula is C15H15N3OS. The van der Waals surface area contributed by atoms with Crippen LogP contribution in [-0.2, 0) is 6.54 Å². The lowest BCUT2D eigenvalue weighted by molar-refractivity contribution is 0.536. The van der Waals surface area contributed by atoms with Gasteiger partial charge < -0.3 is 4.42 Å². The maximum atomic E-state index is 5.76. The molecule has 1 aromatic carbocycles. The minimum Gasteiger partial charge on any atom is -0.441 e. The van der Waals surface area contributed by atoms with Gasteiger partial charge in [0.05, 0.1) is 6.54 Å². The third-order valence-corrected chi connectivity index (χ3v) is 3.84. The van der Waals surface area contributed by atoms with Crippen LogP contribution in [0.15, 0.2) is 52.0 Å². The molecule has 0 spiro atoms. The molecule has 0 atom stereocenters. The third-order valence-electron chi connectivity index (χ3n) is 3.10. The average molecular weight is 285 g/mol. The second-order valence-corrected chi connectivity index (χ2v) is 5.33. The van der Waals surface area contributed by atoms with Crippen LogP contribution in [0.2, 0.25) is 0 Å². The number of aromatic nitrogens is 3. The molecule has 0 fully saturated rings. The Morgan fingerprint density at radius 3 is 2.70 bits per heavy atom. The molecule has 0 saturated carbocycles. The van der Waals surface area contributed by atoms with E-state index in [1.54, 1.807) is 18.0 Å². The number of hydrogen-bond donors (Lipinski definition) is 0.